The van der Waals surface area contributed by atoms with Crippen molar-refractivity contribution in [2.45, 2.75) is 49.5 Å². The summed E-state index contributed by atoms with van der Waals surface area (Å²) < 4.78 is 46.4. The molecule has 254 valence electrons. The molecule has 0 spiro atoms. The topological polar surface area (TPSA) is 140 Å². The highest BCUT2D eigenvalue weighted by Crippen LogP contribution is 2.59. The number of thiophene rings is 1. The van der Waals surface area contributed by atoms with Gasteiger partial charge in [0.25, 0.3) is 5.91 Å². The summed E-state index contributed by atoms with van der Waals surface area (Å²) in [7, 11) is -1.97. The van der Waals surface area contributed by atoms with Gasteiger partial charge in [-0.15, -0.1) is 11.3 Å². The minimum atomic E-state index is -5.77. The van der Waals surface area contributed by atoms with E-state index in [4.69, 9.17) is 14.5 Å². The molecule has 3 amide bonds. The third kappa shape index (κ3) is 7.90. The monoisotopic (exact) mass is 692 g/mol. The molecular weight excluding hydrogens is 653 g/mol. The number of amides is 3. The van der Waals surface area contributed by atoms with Crippen LogP contribution in [-0.2, 0) is 24.6 Å². The fraction of sp³-hybridized carbons (Fsp3) is 0.469. The summed E-state index contributed by atoms with van der Waals surface area (Å²) in [5.41, 5.74) is -4.27. The van der Waals surface area contributed by atoms with Gasteiger partial charge < -0.3 is 34.5 Å². The number of benzene rings is 2. The molecule has 3 N–H and O–H groups in total. The van der Waals surface area contributed by atoms with Gasteiger partial charge in [0.15, 0.2) is 0 Å². The molecule has 2 aliphatic rings. The van der Waals surface area contributed by atoms with Crippen molar-refractivity contribution >= 4 is 46.7 Å². The van der Waals surface area contributed by atoms with Crippen LogP contribution in [0.15, 0.2) is 54.6 Å². The number of fused-ring (bicyclic) bond motifs is 1. The van der Waals surface area contributed by atoms with Crippen LogP contribution in [-0.4, -0.2) is 101 Å². The molecule has 0 aliphatic carbocycles. The zero-order valence-corrected chi connectivity index (χ0v) is 27.9. The van der Waals surface area contributed by atoms with Gasteiger partial charge in [0.1, 0.15) is 18.2 Å². The van der Waals surface area contributed by atoms with Crippen LogP contribution in [0.4, 0.5) is 8.78 Å². The van der Waals surface area contributed by atoms with E-state index in [1.807, 2.05) is 49.3 Å². The second kappa shape index (κ2) is 14.5. The molecular formula is C32H39F2N4O7PS. The van der Waals surface area contributed by atoms with Crippen LogP contribution >= 0.6 is 18.9 Å². The van der Waals surface area contributed by atoms with Crippen molar-refractivity contribution in [1.82, 2.24) is 20.0 Å². The van der Waals surface area contributed by atoms with E-state index in [2.05, 4.69) is 5.32 Å². The number of likely N-dealkylation sites (tertiary alicyclic amines) is 1. The molecule has 0 bridgehead atoms. The number of morpholine rings is 1. The number of alkyl halides is 2. The van der Waals surface area contributed by atoms with E-state index in [9.17, 15) is 27.7 Å². The van der Waals surface area contributed by atoms with Gasteiger partial charge in [0, 0.05) is 23.4 Å². The minimum Gasteiger partial charge on any atom is -0.370 e. The SMILES string of the molecule is CN(C)CCCC(NC(=O)c1cc2cc(C(F)(F)P(=O)(O)O)ccc2s1)C(=O)N1CCCC1C(=O)N1CCOC(c2ccccc2)C1. The number of nitrogens with zero attached hydrogens (tertiary/aromatic N) is 3. The van der Waals surface area contributed by atoms with E-state index in [0.29, 0.717) is 63.2 Å². The number of carbonyl (C=O) groups excluding carboxylic acids is 3. The lowest BCUT2D eigenvalue weighted by molar-refractivity contribution is -0.149. The van der Waals surface area contributed by atoms with Crippen LogP contribution in [0.1, 0.15) is 52.6 Å². The normalized spacial score (nSPS) is 19.7. The lowest BCUT2D eigenvalue weighted by Gasteiger charge is -2.37. The molecule has 11 nitrogen and oxygen atoms in total. The summed E-state index contributed by atoms with van der Waals surface area (Å²) in [5.74, 6) is -1.09. The van der Waals surface area contributed by atoms with Crippen molar-refractivity contribution in [3.8, 4) is 0 Å². The number of carbonyl (C=O) groups is 3. The average molecular weight is 693 g/mol. The highest BCUT2D eigenvalue weighted by Gasteiger charge is 2.50. The molecule has 1 aromatic heterocycles. The quantitative estimate of drug-likeness (QED) is 0.255. The molecule has 5 rings (SSSR count). The van der Waals surface area contributed by atoms with Crippen LogP contribution in [0.25, 0.3) is 10.1 Å². The molecule has 0 radical (unpaired) electrons. The molecule has 3 heterocycles. The maximum atomic E-state index is 14.3. The summed E-state index contributed by atoms with van der Waals surface area (Å²) in [6, 6.07) is 12.6. The summed E-state index contributed by atoms with van der Waals surface area (Å²) in [4.78, 5) is 65.0. The molecule has 3 aromatic rings. The molecule has 0 saturated carbocycles. The van der Waals surface area contributed by atoms with Crippen molar-refractivity contribution in [2.75, 3.05) is 46.9 Å². The highest BCUT2D eigenvalue weighted by atomic mass is 32.1. The average Bonchev–Trinajstić information content (AvgIpc) is 3.71. The highest BCUT2D eigenvalue weighted by molar-refractivity contribution is 7.52. The predicted molar refractivity (Wildman–Crippen MR) is 173 cm³/mol. The smallest absolute Gasteiger partial charge is 0.370 e. The first-order chi connectivity index (χ1) is 22.3. The van der Waals surface area contributed by atoms with Crippen LogP contribution in [0.2, 0.25) is 0 Å². The zero-order valence-electron chi connectivity index (χ0n) is 26.2. The van der Waals surface area contributed by atoms with Gasteiger partial charge in [-0.1, -0.05) is 36.4 Å². The van der Waals surface area contributed by atoms with E-state index in [1.54, 1.807) is 9.80 Å². The second-order valence-corrected chi connectivity index (χ2v) is 14.9. The molecule has 2 fully saturated rings. The van der Waals surface area contributed by atoms with Gasteiger partial charge in [0.05, 0.1) is 18.0 Å². The van der Waals surface area contributed by atoms with Crippen LogP contribution < -0.4 is 5.32 Å². The first-order valence-corrected chi connectivity index (χ1v) is 17.9. The zero-order chi connectivity index (χ0) is 33.9. The molecule has 2 aliphatic heterocycles. The fourth-order valence-electron chi connectivity index (χ4n) is 6.03. The largest absolute Gasteiger partial charge is 0.399 e. The van der Waals surface area contributed by atoms with Gasteiger partial charge in [-0.3, -0.25) is 18.9 Å². The first-order valence-electron chi connectivity index (χ1n) is 15.4. The van der Waals surface area contributed by atoms with Gasteiger partial charge in [0.2, 0.25) is 11.8 Å². The van der Waals surface area contributed by atoms with Crippen molar-refractivity contribution in [3.05, 3.63) is 70.6 Å². The number of ether oxygens (including phenoxy) is 1. The van der Waals surface area contributed by atoms with Crippen molar-refractivity contribution in [1.29, 1.82) is 0 Å². The Morgan fingerprint density at radius 1 is 1.13 bits per heavy atom. The Labute approximate surface area is 275 Å². The molecule has 3 unspecified atom stereocenters. The number of halogens is 2. The Hall–Kier alpha value is -3.26. The molecule has 3 atom stereocenters. The van der Waals surface area contributed by atoms with E-state index < -0.39 is 36.8 Å². The van der Waals surface area contributed by atoms with Gasteiger partial charge in [-0.05, 0) is 75.5 Å². The Balaban J connectivity index is 1.32. The maximum Gasteiger partial charge on any atom is 0.399 e. The number of hydrogen-bond acceptors (Lipinski definition) is 7. The van der Waals surface area contributed by atoms with Gasteiger partial charge >= 0.3 is 13.3 Å². The maximum absolute atomic E-state index is 14.3. The van der Waals surface area contributed by atoms with Crippen LogP contribution in [0.3, 0.4) is 0 Å². The van der Waals surface area contributed by atoms with Crippen molar-refractivity contribution in [2.24, 2.45) is 0 Å². The van der Waals surface area contributed by atoms with E-state index in [0.717, 1.165) is 29.0 Å². The number of rotatable bonds is 11. The van der Waals surface area contributed by atoms with Crippen molar-refractivity contribution in [3.63, 3.8) is 0 Å². The van der Waals surface area contributed by atoms with E-state index >= 15 is 0 Å². The lowest BCUT2D eigenvalue weighted by atomic mass is 10.1. The number of nitrogens with one attached hydrogen (secondary N) is 1. The first kappa shape index (κ1) is 35.1. The Kier molecular flexibility index (Phi) is 10.8. The molecule has 2 aromatic carbocycles. The van der Waals surface area contributed by atoms with E-state index in [1.165, 1.54) is 12.1 Å². The standard InChI is InChI=1S/C32H39F2N4O7PS/c1-36(2)14-6-10-24(35-29(39)28-19-22-18-23(12-13-27(22)47-28)32(33,34)46(42,43)44)30(40)38-15-7-11-25(38)31(41)37-16-17-45-26(20-37)21-8-4-3-5-9-21/h3-5,8-9,12-13,18-19,24-26H,6-7,10-11,14-17,20H2,1-2H3,(H,35,39)(H2,42,43,44). The Morgan fingerprint density at radius 2 is 1.87 bits per heavy atom. The lowest BCUT2D eigenvalue weighted by Crippen LogP contribution is -2.55. The molecule has 2 saturated heterocycles. The third-order valence-electron chi connectivity index (χ3n) is 8.53. The summed E-state index contributed by atoms with van der Waals surface area (Å²) in [6.45, 7) is 2.20. The summed E-state index contributed by atoms with van der Waals surface area (Å²) >= 11 is 1.01. The molecule has 47 heavy (non-hydrogen) atoms. The predicted octanol–water partition coefficient (Wildman–Crippen LogP) is 4.16. The summed E-state index contributed by atoms with van der Waals surface area (Å²) in [6.07, 6.45) is 1.79. The Bertz CT molecular complexity index is 1650. The van der Waals surface area contributed by atoms with Crippen LogP contribution in [0.5, 0.6) is 0 Å². The fourth-order valence-corrected chi connectivity index (χ4v) is 7.45. The van der Waals surface area contributed by atoms with Crippen molar-refractivity contribution < 1.29 is 42.3 Å². The molecule has 15 heteroatoms. The third-order valence-corrected chi connectivity index (χ3v) is 10.6. The minimum absolute atomic E-state index is 0.147. The second-order valence-electron chi connectivity index (χ2n) is 12.2. The number of hydrogen-bond donors (Lipinski definition) is 3. The Morgan fingerprint density at radius 3 is 2.57 bits per heavy atom. The summed E-state index contributed by atoms with van der Waals surface area (Å²) in [5, 5.41) is 3.04. The van der Waals surface area contributed by atoms with Gasteiger partial charge in [-0.2, -0.15) is 8.78 Å². The van der Waals surface area contributed by atoms with E-state index in [-0.39, 0.29) is 28.2 Å². The van der Waals surface area contributed by atoms with Crippen LogP contribution in [0, 0.1) is 0 Å². The van der Waals surface area contributed by atoms with Gasteiger partial charge in [-0.25, -0.2) is 0 Å².